The molecule has 0 amide bonds. The normalized spacial score (nSPS) is 19.4. The van der Waals surface area contributed by atoms with Crippen LogP contribution in [0.3, 0.4) is 0 Å². The SMILES string of the molecule is CN=C(NCC(c1ccccc1OC)N(C)C)N1CCCC(C)C1.I. The van der Waals surface area contributed by atoms with Crippen molar-refractivity contribution < 1.29 is 4.74 Å². The molecule has 1 aliphatic rings. The van der Waals surface area contributed by atoms with Crippen molar-refractivity contribution in [1.29, 1.82) is 0 Å². The predicted octanol–water partition coefficient (Wildman–Crippen LogP) is 3.22. The molecule has 1 heterocycles. The second-order valence-electron chi connectivity index (χ2n) is 6.84. The van der Waals surface area contributed by atoms with Crippen molar-refractivity contribution in [2.24, 2.45) is 10.9 Å². The van der Waals surface area contributed by atoms with Crippen molar-refractivity contribution >= 4 is 29.9 Å². The Labute approximate surface area is 169 Å². The van der Waals surface area contributed by atoms with Crippen LogP contribution in [-0.4, -0.2) is 63.6 Å². The maximum Gasteiger partial charge on any atom is 0.193 e. The average molecular weight is 460 g/mol. The lowest BCUT2D eigenvalue weighted by Gasteiger charge is -2.35. The van der Waals surface area contributed by atoms with Gasteiger partial charge in [0, 0.05) is 32.2 Å². The zero-order chi connectivity index (χ0) is 17.5. The van der Waals surface area contributed by atoms with Gasteiger partial charge < -0.3 is 19.9 Å². The number of methoxy groups -OCH3 is 1. The highest BCUT2D eigenvalue weighted by atomic mass is 127. The van der Waals surface area contributed by atoms with E-state index in [1.54, 1.807) is 7.11 Å². The van der Waals surface area contributed by atoms with Crippen molar-refractivity contribution in [3.63, 3.8) is 0 Å². The number of benzene rings is 1. The lowest BCUT2D eigenvalue weighted by atomic mass is 10.0. The van der Waals surface area contributed by atoms with Crippen molar-refractivity contribution in [2.75, 3.05) is 47.9 Å². The lowest BCUT2D eigenvalue weighted by Crippen LogP contribution is -2.48. The van der Waals surface area contributed by atoms with Gasteiger partial charge >= 0.3 is 0 Å². The van der Waals surface area contributed by atoms with E-state index in [2.05, 4.69) is 53.3 Å². The van der Waals surface area contributed by atoms with Crippen LogP contribution in [0.1, 0.15) is 31.4 Å². The van der Waals surface area contributed by atoms with Crippen LogP contribution in [0.2, 0.25) is 0 Å². The lowest BCUT2D eigenvalue weighted by molar-refractivity contribution is 0.256. The number of guanidine groups is 1. The van der Waals surface area contributed by atoms with Gasteiger partial charge in [0.25, 0.3) is 0 Å². The minimum absolute atomic E-state index is 0. The Morgan fingerprint density at radius 3 is 2.72 bits per heavy atom. The molecule has 0 bridgehead atoms. The number of likely N-dealkylation sites (N-methyl/N-ethyl adjacent to an activating group) is 1. The molecule has 0 aliphatic carbocycles. The number of nitrogens with one attached hydrogen (secondary N) is 1. The number of piperidine rings is 1. The Morgan fingerprint density at radius 1 is 1.40 bits per heavy atom. The van der Waals surface area contributed by atoms with E-state index in [0.717, 1.165) is 37.3 Å². The number of hydrogen-bond acceptors (Lipinski definition) is 3. The molecule has 0 spiro atoms. The summed E-state index contributed by atoms with van der Waals surface area (Å²) in [5.41, 5.74) is 1.19. The molecule has 25 heavy (non-hydrogen) atoms. The Kier molecular flexibility index (Phi) is 9.56. The van der Waals surface area contributed by atoms with E-state index in [0.29, 0.717) is 0 Å². The van der Waals surface area contributed by atoms with E-state index in [1.807, 2.05) is 19.2 Å². The Bertz CT molecular complexity index is 550. The first-order valence-corrected chi connectivity index (χ1v) is 8.81. The van der Waals surface area contributed by atoms with Crippen LogP contribution in [0, 0.1) is 5.92 Å². The summed E-state index contributed by atoms with van der Waals surface area (Å²) >= 11 is 0. The summed E-state index contributed by atoms with van der Waals surface area (Å²) in [5.74, 6) is 2.67. The van der Waals surface area contributed by atoms with E-state index in [4.69, 9.17) is 4.74 Å². The summed E-state index contributed by atoms with van der Waals surface area (Å²) in [6.07, 6.45) is 2.56. The summed E-state index contributed by atoms with van der Waals surface area (Å²) in [4.78, 5) is 9.09. The Morgan fingerprint density at radius 2 is 2.12 bits per heavy atom. The quantitative estimate of drug-likeness (QED) is 0.416. The first-order valence-electron chi connectivity index (χ1n) is 8.81. The second-order valence-corrected chi connectivity index (χ2v) is 6.84. The van der Waals surface area contributed by atoms with E-state index in [-0.39, 0.29) is 30.0 Å². The van der Waals surface area contributed by atoms with Gasteiger partial charge in [-0.3, -0.25) is 4.99 Å². The van der Waals surface area contributed by atoms with Gasteiger partial charge in [-0.25, -0.2) is 0 Å². The van der Waals surface area contributed by atoms with E-state index >= 15 is 0 Å². The monoisotopic (exact) mass is 460 g/mol. The van der Waals surface area contributed by atoms with Gasteiger partial charge in [0.1, 0.15) is 5.75 Å². The van der Waals surface area contributed by atoms with Crippen molar-refractivity contribution in [1.82, 2.24) is 15.1 Å². The molecule has 1 aromatic rings. The molecule has 1 aromatic carbocycles. The van der Waals surface area contributed by atoms with Crippen LogP contribution >= 0.6 is 24.0 Å². The molecule has 1 aliphatic heterocycles. The number of nitrogens with zero attached hydrogens (tertiary/aromatic N) is 3. The third-order valence-electron chi connectivity index (χ3n) is 4.74. The van der Waals surface area contributed by atoms with Crippen LogP contribution < -0.4 is 10.1 Å². The van der Waals surface area contributed by atoms with Gasteiger partial charge in [0.05, 0.1) is 13.2 Å². The van der Waals surface area contributed by atoms with Crippen LogP contribution in [0.5, 0.6) is 5.75 Å². The maximum atomic E-state index is 5.54. The number of hydrogen-bond donors (Lipinski definition) is 1. The van der Waals surface area contributed by atoms with Gasteiger partial charge in [0.15, 0.2) is 5.96 Å². The first-order chi connectivity index (χ1) is 11.6. The summed E-state index contributed by atoms with van der Waals surface area (Å²) in [6, 6.07) is 8.45. The first kappa shape index (κ1) is 22.0. The van der Waals surface area contributed by atoms with Gasteiger partial charge in [-0.1, -0.05) is 25.1 Å². The summed E-state index contributed by atoms with van der Waals surface area (Å²) < 4.78 is 5.54. The largest absolute Gasteiger partial charge is 0.496 e. The van der Waals surface area contributed by atoms with Gasteiger partial charge in [-0.2, -0.15) is 0 Å². The Hall–Kier alpha value is -1.02. The molecule has 6 heteroatoms. The summed E-state index contributed by atoms with van der Waals surface area (Å²) in [7, 11) is 7.80. The molecular weight excluding hydrogens is 427 g/mol. The zero-order valence-corrected chi connectivity index (χ0v) is 18.5. The minimum Gasteiger partial charge on any atom is -0.496 e. The van der Waals surface area contributed by atoms with Gasteiger partial charge in [-0.15, -0.1) is 24.0 Å². The maximum absolute atomic E-state index is 5.54. The zero-order valence-electron chi connectivity index (χ0n) is 16.2. The topological polar surface area (TPSA) is 40.1 Å². The highest BCUT2D eigenvalue weighted by molar-refractivity contribution is 14.0. The number of halogens is 1. The second kappa shape index (κ2) is 10.9. The van der Waals surface area contributed by atoms with Crippen LogP contribution in [0.25, 0.3) is 0 Å². The van der Waals surface area contributed by atoms with Crippen LogP contribution in [-0.2, 0) is 0 Å². The molecule has 1 fully saturated rings. The van der Waals surface area contributed by atoms with E-state index < -0.39 is 0 Å². The fourth-order valence-electron chi connectivity index (χ4n) is 3.41. The van der Waals surface area contributed by atoms with E-state index in [1.165, 1.54) is 18.4 Å². The third kappa shape index (κ3) is 6.02. The number of ether oxygens (including phenoxy) is 1. The van der Waals surface area contributed by atoms with Crippen LogP contribution in [0.4, 0.5) is 0 Å². The molecule has 2 atom stereocenters. The molecule has 142 valence electrons. The molecular formula is C19H33IN4O. The fraction of sp³-hybridized carbons (Fsp3) is 0.632. The van der Waals surface area contributed by atoms with Gasteiger partial charge in [-0.05, 0) is 38.9 Å². The molecule has 0 aromatic heterocycles. The summed E-state index contributed by atoms with van der Waals surface area (Å²) in [6.45, 7) is 5.29. The highest BCUT2D eigenvalue weighted by Crippen LogP contribution is 2.27. The molecule has 0 radical (unpaired) electrons. The standard InChI is InChI=1S/C19H32N4O.HI/c1-15-9-8-12-23(14-15)19(20-2)21-13-17(22(3)4)16-10-6-7-11-18(16)24-5;/h6-7,10-11,15,17H,8-9,12-14H2,1-5H3,(H,20,21);1H. The number of aliphatic imine (C=N–C) groups is 1. The molecule has 0 saturated carbocycles. The number of rotatable bonds is 5. The molecule has 2 rings (SSSR count). The number of para-hydroxylation sites is 1. The number of likely N-dealkylation sites (tertiary alicyclic amines) is 1. The molecule has 1 saturated heterocycles. The minimum atomic E-state index is 0. The van der Waals surface area contributed by atoms with E-state index in [9.17, 15) is 0 Å². The van der Waals surface area contributed by atoms with Crippen molar-refractivity contribution in [3.05, 3.63) is 29.8 Å². The molecule has 2 unspecified atom stereocenters. The predicted molar refractivity (Wildman–Crippen MR) is 116 cm³/mol. The van der Waals surface area contributed by atoms with Gasteiger partial charge in [0.2, 0.25) is 0 Å². The smallest absolute Gasteiger partial charge is 0.193 e. The average Bonchev–Trinajstić information content (AvgIpc) is 2.58. The van der Waals surface area contributed by atoms with Crippen molar-refractivity contribution in [3.8, 4) is 5.75 Å². The third-order valence-corrected chi connectivity index (χ3v) is 4.74. The summed E-state index contributed by atoms with van der Waals surface area (Å²) in [5, 5.41) is 3.57. The van der Waals surface area contributed by atoms with Crippen molar-refractivity contribution in [2.45, 2.75) is 25.8 Å². The fourth-order valence-corrected chi connectivity index (χ4v) is 3.41. The molecule has 5 nitrogen and oxygen atoms in total. The Balaban J connectivity index is 0.00000312. The molecule has 1 N–H and O–H groups in total. The van der Waals surface area contributed by atoms with Crippen LogP contribution in [0.15, 0.2) is 29.3 Å². The highest BCUT2D eigenvalue weighted by Gasteiger charge is 2.22.